The van der Waals surface area contributed by atoms with E-state index >= 15 is 0 Å². The Hall–Kier alpha value is -2.50. The molecule has 1 saturated heterocycles. The number of nitrogens with two attached hydrogens (primary N) is 1. The molecule has 2 aliphatic rings. The Morgan fingerprint density at radius 2 is 2.08 bits per heavy atom. The number of hydrogen-bond donors (Lipinski definition) is 1. The van der Waals surface area contributed by atoms with E-state index in [2.05, 4.69) is 9.47 Å². The second-order valence-electron chi connectivity index (χ2n) is 6.91. The van der Waals surface area contributed by atoms with Gasteiger partial charge in [-0.15, -0.1) is 0 Å². The highest BCUT2D eigenvalue weighted by Crippen LogP contribution is 2.41. The number of fused-ring (bicyclic) bond motifs is 1. The molecular weight excluding hydrogens is 318 g/mol. The molecule has 6 heteroatoms. The molecule has 4 rings (SSSR count). The number of hydrogen-bond acceptors (Lipinski definition) is 5. The molecule has 1 aliphatic heterocycles. The van der Waals surface area contributed by atoms with E-state index in [4.69, 9.17) is 10.5 Å². The predicted octanol–water partition coefficient (Wildman–Crippen LogP) is 2.61. The second-order valence-corrected chi connectivity index (χ2v) is 6.91. The van der Waals surface area contributed by atoms with Crippen LogP contribution in [0.15, 0.2) is 17.1 Å². The van der Waals surface area contributed by atoms with E-state index in [0.29, 0.717) is 17.1 Å². The minimum Gasteiger partial charge on any atom is -0.462 e. The van der Waals surface area contributed by atoms with E-state index in [0.717, 1.165) is 49.1 Å². The summed E-state index contributed by atoms with van der Waals surface area (Å²) in [4.78, 5) is 27.4. The molecule has 0 atom stereocenters. The maximum absolute atomic E-state index is 12.9. The van der Waals surface area contributed by atoms with E-state index in [1.54, 1.807) is 19.2 Å². The lowest BCUT2D eigenvalue weighted by atomic mass is 10.0. The van der Waals surface area contributed by atoms with Gasteiger partial charge < -0.3 is 19.9 Å². The maximum Gasteiger partial charge on any atom is 0.343 e. The minimum absolute atomic E-state index is 0.0942. The van der Waals surface area contributed by atoms with Crippen LogP contribution in [0.4, 0.5) is 11.4 Å². The molecule has 2 heterocycles. The smallest absolute Gasteiger partial charge is 0.343 e. The fourth-order valence-electron chi connectivity index (χ4n) is 3.69. The predicted molar refractivity (Wildman–Crippen MR) is 98.4 cm³/mol. The van der Waals surface area contributed by atoms with Crippen molar-refractivity contribution < 1.29 is 9.53 Å². The van der Waals surface area contributed by atoms with Gasteiger partial charge in [-0.2, -0.15) is 0 Å². The summed E-state index contributed by atoms with van der Waals surface area (Å²) in [5.41, 5.74) is 9.63. The third kappa shape index (κ3) is 2.47. The molecular formula is C19H23N3O3. The number of ether oxygens (including phenoxy) is 1. The van der Waals surface area contributed by atoms with Crippen molar-refractivity contribution in [2.75, 3.05) is 30.3 Å². The van der Waals surface area contributed by atoms with Crippen molar-refractivity contribution >= 4 is 28.2 Å². The van der Waals surface area contributed by atoms with E-state index < -0.39 is 5.97 Å². The molecule has 6 nitrogen and oxygen atoms in total. The fraction of sp³-hybridized carbons (Fsp3) is 0.474. The molecule has 1 aromatic heterocycles. The zero-order valence-corrected chi connectivity index (χ0v) is 14.7. The number of nitrogen functional groups attached to an aromatic ring is 1. The topological polar surface area (TPSA) is 77.6 Å². The molecule has 0 amide bonds. The Labute approximate surface area is 146 Å². The van der Waals surface area contributed by atoms with Crippen molar-refractivity contribution in [1.29, 1.82) is 0 Å². The van der Waals surface area contributed by atoms with Crippen LogP contribution in [0.5, 0.6) is 0 Å². The van der Waals surface area contributed by atoms with Crippen LogP contribution < -0.4 is 16.1 Å². The highest BCUT2D eigenvalue weighted by Gasteiger charge is 2.30. The van der Waals surface area contributed by atoms with Crippen molar-refractivity contribution in [2.45, 2.75) is 39.2 Å². The van der Waals surface area contributed by atoms with E-state index in [9.17, 15) is 9.59 Å². The maximum atomic E-state index is 12.9. The van der Waals surface area contributed by atoms with Crippen LogP contribution in [-0.2, 0) is 4.74 Å². The number of anilines is 2. The summed E-state index contributed by atoms with van der Waals surface area (Å²) in [5.74, 6) is -0.563. The number of carbonyl (C=O) groups is 1. The quantitative estimate of drug-likeness (QED) is 0.683. The van der Waals surface area contributed by atoms with Crippen LogP contribution >= 0.6 is 0 Å². The van der Waals surface area contributed by atoms with Gasteiger partial charge in [0.05, 0.1) is 23.5 Å². The number of pyridine rings is 1. The highest BCUT2D eigenvalue weighted by atomic mass is 16.5. The molecule has 1 saturated carbocycles. The Kier molecular flexibility index (Phi) is 3.71. The number of aryl methyl sites for hydroxylation is 1. The average Bonchev–Trinajstić information content (AvgIpc) is 3.35. The molecule has 2 fully saturated rings. The lowest BCUT2D eigenvalue weighted by molar-refractivity contribution is 0.0524. The van der Waals surface area contributed by atoms with Crippen LogP contribution in [0.1, 0.15) is 48.1 Å². The molecule has 2 N–H and O–H groups in total. The van der Waals surface area contributed by atoms with Gasteiger partial charge in [-0.25, -0.2) is 4.79 Å². The summed E-state index contributed by atoms with van der Waals surface area (Å²) in [6.07, 6.45) is 4.96. The van der Waals surface area contributed by atoms with Crippen molar-refractivity contribution in [1.82, 2.24) is 4.57 Å². The lowest BCUT2D eigenvalue weighted by Crippen LogP contribution is -2.38. The van der Waals surface area contributed by atoms with Crippen molar-refractivity contribution in [2.24, 2.45) is 0 Å². The van der Waals surface area contributed by atoms with Crippen LogP contribution in [0, 0.1) is 6.92 Å². The first kappa shape index (κ1) is 16.0. The van der Waals surface area contributed by atoms with Crippen molar-refractivity contribution in [3.63, 3.8) is 0 Å². The molecule has 0 bridgehead atoms. The average molecular weight is 341 g/mol. The molecule has 2 aromatic rings. The van der Waals surface area contributed by atoms with Crippen LogP contribution in [0.25, 0.3) is 10.9 Å². The van der Waals surface area contributed by atoms with Gasteiger partial charge in [0, 0.05) is 30.7 Å². The van der Waals surface area contributed by atoms with Gasteiger partial charge >= 0.3 is 5.97 Å². The molecule has 25 heavy (non-hydrogen) atoms. The summed E-state index contributed by atoms with van der Waals surface area (Å²) >= 11 is 0. The van der Waals surface area contributed by atoms with Gasteiger partial charge in [-0.05, 0) is 44.7 Å². The van der Waals surface area contributed by atoms with Crippen LogP contribution in [0.3, 0.4) is 0 Å². The lowest BCUT2D eigenvalue weighted by Gasteiger charge is -2.36. The number of aromatic nitrogens is 1. The van der Waals surface area contributed by atoms with Crippen molar-refractivity contribution in [3.05, 3.63) is 33.6 Å². The number of esters is 1. The van der Waals surface area contributed by atoms with Gasteiger partial charge in [0.1, 0.15) is 5.56 Å². The third-order valence-electron chi connectivity index (χ3n) is 5.16. The summed E-state index contributed by atoms with van der Waals surface area (Å²) in [5, 5.41) is 0.511. The molecule has 0 unspecified atom stereocenters. The largest absolute Gasteiger partial charge is 0.462 e. The van der Waals surface area contributed by atoms with Gasteiger partial charge in [-0.3, -0.25) is 4.79 Å². The number of carbonyl (C=O) groups excluding carboxylic acids is 1. The van der Waals surface area contributed by atoms with Gasteiger partial charge in [0.2, 0.25) is 5.43 Å². The molecule has 1 aromatic carbocycles. The fourth-order valence-corrected chi connectivity index (χ4v) is 3.69. The number of rotatable bonds is 4. The monoisotopic (exact) mass is 341 g/mol. The Morgan fingerprint density at radius 3 is 2.64 bits per heavy atom. The third-order valence-corrected chi connectivity index (χ3v) is 5.16. The zero-order chi connectivity index (χ0) is 17.7. The molecule has 1 aliphatic carbocycles. The van der Waals surface area contributed by atoms with Crippen LogP contribution in [-0.4, -0.2) is 30.2 Å². The second kappa shape index (κ2) is 5.79. The van der Waals surface area contributed by atoms with Gasteiger partial charge in [0.25, 0.3) is 0 Å². The first-order valence-electron chi connectivity index (χ1n) is 8.93. The molecule has 0 radical (unpaired) electrons. The highest BCUT2D eigenvalue weighted by molar-refractivity contribution is 5.98. The SMILES string of the molecule is CCOC(=O)c1cn(C2CC2)c2c(C)c(N3CCC3)c(N)cc2c1=O. The Balaban J connectivity index is 2.01. The van der Waals surface area contributed by atoms with Crippen LogP contribution in [0.2, 0.25) is 0 Å². The Morgan fingerprint density at radius 1 is 1.36 bits per heavy atom. The van der Waals surface area contributed by atoms with E-state index in [1.165, 1.54) is 0 Å². The van der Waals surface area contributed by atoms with Gasteiger partial charge in [0.15, 0.2) is 0 Å². The Bertz CT molecular complexity index is 924. The standard InChI is InChI=1S/C19H23N3O3/c1-3-25-19(24)14-10-22(12-5-6-12)16-11(2)17(21-7-4-8-21)15(20)9-13(16)18(14)23/h9-10,12H,3-8,20H2,1-2H3. The van der Waals surface area contributed by atoms with E-state index in [-0.39, 0.29) is 17.6 Å². The molecule has 132 valence electrons. The first-order valence-corrected chi connectivity index (χ1v) is 8.93. The van der Waals surface area contributed by atoms with Gasteiger partial charge in [-0.1, -0.05) is 0 Å². The normalized spacial score (nSPS) is 16.8. The van der Waals surface area contributed by atoms with Crippen molar-refractivity contribution in [3.8, 4) is 0 Å². The number of benzene rings is 1. The summed E-state index contributed by atoms with van der Waals surface area (Å²) in [6, 6.07) is 2.07. The first-order chi connectivity index (χ1) is 12.0. The summed E-state index contributed by atoms with van der Waals surface area (Å²) < 4.78 is 7.15. The number of nitrogens with zero attached hydrogens (tertiary/aromatic N) is 2. The zero-order valence-electron chi connectivity index (χ0n) is 14.7. The minimum atomic E-state index is -0.563. The van der Waals surface area contributed by atoms with E-state index in [1.807, 2.05) is 6.92 Å². The summed E-state index contributed by atoms with van der Waals surface area (Å²) in [7, 11) is 0. The summed E-state index contributed by atoms with van der Waals surface area (Å²) in [6.45, 7) is 5.99. The molecule has 0 spiro atoms.